The summed E-state index contributed by atoms with van der Waals surface area (Å²) in [7, 11) is 0. The summed E-state index contributed by atoms with van der Waals surface area (Å²) < 4.78 is 0. The third kappa shape index (κ3) is 2.12. The SMILES string of the molecule is O=C(C1CC2CCC1C2)N1CCN(c2nccs2)CC1. The number of anilines is 1. The van der Waals surface area contributed by atoms with Crippen LogP contribution in [0, 0.1) is 17.8 Å². The number of hydrogen-bond acceptors (Lipinski definition) is 4. The second kappa shape index (κ2) is 5.02. The predicted octanol–water partition coefficient (Wildman–Crippen LogP) is 2.23. The van der Waals surface area contributed by atoms with Gasteiger partial charge in [-0.2, -0.15) is 0 Å². The molecule has 4 nitrogen and oxygen atoms in total. The Bertz CT molecular complexity index is 481. The summed E-state index contributed by atoms with van der Waals surface area (Å²) in [5, 5.41) is 3.11. The van der Waals surface area contributed by atoms with E-state index in [4.69, 9.17) is 0 Å². The van der Waals surface area contributed by atoms with Gasteiger partial charge in [0.2, 0.25) is 5.91 Å². The third-order valence-corrected chi connectivity index (χ3v) is 6.17. The number of fused-ring (bicyclic) bond motifs is 2. The fourth-order valence-electron chi connectivity index (χ4n) is 4.27. The molecule has 1 amide bonds. The van der Waals surface area contributed by atoms with E-state index in [9.17, 15) is 4.79 Å². The quantitative estimate of drug-likeness (QED) is 0.838. The summed E-state index contributed by atoms with van der Waals surface area (Å²) >= 11 is 1.69. The Kier molecular flexibility index (Phi) is 3.17. The number of piperazine rings is 1. The average Bonchev–Trinajstić information content (AvgIpc) is 3.23. The molecule has 3 unspecified atom stereocenters. The first-order valence-electron chi connectivity index (χ1n) is 7.74. The van der Waals surface area contributed by atoms with Crippen LogP contribution in [0.3, 0.4) is 0 Å². The molecule has 108 valence electrons. The summed E-state index contributed by atoms with van der Waals surface area (Å²) in [6.45, 7) is 3.60. The van der Waals surface area contributed by atoms with Crippen molar-refractivity contribution in [3.63, 3.8) is 0 Å². The monoisotopic (exact) mass is 291 g/mol. The molecular weight excluding hydrogens is 270 g/mol. The molecule has 20 heavy (non-hydrogen) atoms. The number of hydrogen-bond donors (Lipinski definition) is 0. The lowest BCUT2D eigenvalue weighted by Gasteiger charge is -2.37. The number of rotatable bonds is 2. The summed E-state index contributed by atoms with van der Waals surface area (Å²) in [4.78, 5) is 21.4. The molecule has 2 aliphatic carbocycles. The smallest absolute Gasteiger partial charge is 0.226 e. The zero-order valence-electron chi connectivity index (χ0n) is 11.7. The van der Waals surface area contributed by atoms with Crippen molar-refractivity contribution < 1.29 is 4.79 Å². The van der Waals surface area contributed by atoms with Crippen LogP contribution < -0.4 is 4.90 Å². The highest BCUT2D eigenvalue weighted by molar-refractivity contribution is 7.13. The van der Waals surface area contributed by atoms with Crippen molar-refractivity contribution in [2.24, 2.45) is 17.8 Å². The molecule has 0 radical (unpaired) electrons. The van der Waals surface area contributed by atoms with E-state index in [0.717, 1.165) is 43.6 Å². The minimum Gasteiger partial charge on any atom is -0.345 e. The van der Waals surface area contributed by atoms with Gasteiger partial charge in [0.15, 0.2) is 5.13 Å². The van der Waals surface area contributed by atoms with E-state index in [2.05, 4.69) is 14.8 Å². The lowest BCUT2D eigenvalue weighted by molar-refractivity contribution is -0.137. The fourth-order valence-corrected chi connectivity index (χ4v) is 4.97. The molecule has 1 aromatic heterocycles. The molecule has 3 fully saturated rings. The van der Waals surface area contributed by atoms with Gasteiger partial charge in [0, 0.05) is 43.7 Å². The second-order valence-electron chi connectivity index (χ2n) is 6.41. The minimum absolute atomic E-state index is 0.347. The van der Waals surface area contributed by atoms with Crippen molar-refractivity contribution in [3.05, 3.63) is 11.6 Å². The van der Waals surface area contributed by atoms with Gasteiger partial charge in [0.05, 0.1) is 0 Å². The highest BCUT2D eigenvalue weighted by Gasteiger charge is 2.44. The van der Waals surface area contributed by atoms with E-state index >= 15 is 0 Å². The Morgan fingerprint density at radius 2 is 2.05 bits per heavy atom. The van der Waals surface area contributed by atoms with Crippen LogP contribution >= 0.6 is 11.3 Å². The molecule has 5 heteroatoms. The fraction of sp³-hybridized carbons (Fsp3) is 0.733. The van der Waals surface area contributed by atoms with Gasteiger partial charge in [-0.25, -0.2) is 4.98 Å². The lowest BCUT2D eigenvalue weighted by atomic mass is 9.87. The maximum atomic E-state index is 12.7. The first kappa shape index (κ1) is 12.6. The molecule has 4 rings (SSSR count). The Balaban J connectivity index is 1.36. The summed E-state index contributed by atoms with van der Waals surface area (Å²) in [6, 6.07) is 0. The van der Waals surface area contributed by atoms with Crippen LogP contribution in [0.1, 0.15) is 25.7 Å². The number of thiazole rings is 1. The summed E-state index contributed by atoms with van der Waals surface area (Å²) in [6.07, 6.45) is 6.99. The maximum absolute atomic E-state index is 12.7. The van der Waals surface area contributed by atoms with Crippen LogP contribution in [0.4, 0.5) is 5.13 Å². The van der Waals surface area contributed by atoms with E-state index < -0.39 is 0 Å². The van der Waals surface area contributed by atoms with Gasteiger partial charge in [-0.1, -0.05) is 6.42 Å². The molecule has 0 spiro atoms. The van der Waals surface area contributed by atoms with Crippen molar-refractivity contribution in [2.75, 3.05) is 31.1 Å². The standard InChI is InChI=1S/C15H21N3OS/c19-14(13-10-11-1-2-12(13)9-11)17-4-6-18(7-5-17)15-16-3-8-20-15/h3,8,11-13H,1-2,4-7,9-10H2. The number of carbonyl (C=O) groups excluding carboxylic acids is 1. The van der Waals surface area contributed by atoms with E-state index in [1.807, 2.05) is 11.6 Å². The van der Waals surface area contributed by atoms with Crippen molar-refractivity contribution in [3.8, 4) is 0 Å². The number of aromatic nitrogens is 1. The van der Waals surface area contributed by atoms with Crippen LogP contribution in [-0.2, 0) is 4.79 Å². The molecule has 0 aromatic carbocycles. The van der Waals surface area contributed by atoms with Gasteiger partial charge in [-0.3, -0.25) is 4.79 Å². The van der Waals surface area contributed by atoms with Crippen LogP contribution in [-0.4, -0.2) is 42.0 Å². The Morgan fingerprint density at radius 1 is 1.20 bits per heavy atom. The van der Waals surface area contributed by atoms with Gasteiger partial charge >= 0.3 is 0 Å². The van der Waals surface area contributed by atoms with E-state index in [-0.39, 0.29) is 0 Å². The number of carbonyl (C=O) groups is 1. The Hall–Kier alpha value is -1.10. The lowest BCUT2D eigenvalue weighted by Crippen LogP contribution is -2.51. The van der Waals surface area contributed by atoms with Gasteiger partial charge in [0.1, 0.15) is 0 Å². The second-order valence-corrected chi connectivity index (χ2v) is 7.28. The molecule has 3 atom stereocenters. The van der Waals surface area contributed by atoms with Crippen molar-refractivity contribution in [1.29, 1.82) is 0 Å². The zero-order chi connectivity index (χ0) is 13.5. The van der Waals surface area contributed by atoms with E-state index in [1.54, 1.807) is 11.3 Å². The average molecular weight is 291 g/mol. The highest BCUT2D eigenvalue weighted by atomic mass is 32.1. The van der Waals surface area contributed by atoms with Crippen molar-refractivity contribution >= 4 is 22.4 Å². The van der Waals surface area contributed by atoms with Gasteiger partial charge in [-0.05, 0) is 31.1 Å². The minimum atomic E-state index is 0.347. The topological polar surface area (TPSA) is 36.4 Å². The van der Waals surface area contributed by atoms with Crippen molar-refractivity contribution in [2.45, 2.75) is 25.7 Å². The first-order chi connectivity index (χ1) is 9.81. The summed E-state index contributed by atoms with van der Waals surface area (Å²) in [5.41, 5.74) is 0. The van der Waals surface area contributed by atoms with Crippen LogP contribution in [0.15, 0.2) is 11.6 Å². The largest absolute Gasteiger partial charge is 0.345 e. The molecule has 2 saturated carbocycles. The van der Waals surface area contributed by atoms with Crippen LogP contribution in [0.25, 0.3) is 0 Å². The molecule has 2 heterocycles. The maximum Gasteiger partial charge on any atom is 0.226 e. The number of nitrogens with zero attached hydrogens (tertiary/aromatic N) is 3. The van der Waals surface area contributed by atoms with Crippen LogP contribution in [0.5, 0.6) is 0 Å². The zero-order valence-corrected chi connectivity index (χ0v) is 12.5. The van der Waals surface area contributed by atoms with Gasteiger partial charge in [0.25, 0.3) is 0 Å². The molecule has 2 bridgehead atoms. The molecular formula is C15H21N3OS. The molecule has 1 saturated heterocycles. The molecule has 1 aliphatic heterocycles. The third-order valence-electron chi connectivity index (χ3n) is 5.34. The molecule has 1 aromatic rings. The van der Waals surface area contributed by atoms with Crippen LogP contribution in [0.2, 0.25) is 0 Å². The van der Waals surface area contributed by atoms with E-state index in [1.165, 1.54) is 19.3 Å². The first-order valence-corrected chi connectivity index (χ1v) is 8.62. The number of amides is 1. The van der Waals surface area contributed by atoms with Crippen molar-refractivity contribution in [1.82, 2.24) is 9.88 Å². The normalized spacial score (nSPS) is 32.9. The Morgan fingerprint density at radius 3 is 2.65 bits per heavy atom. The highest BCUT2D eigenvalue weighted by Crippen LogP contribution is 2.48. The van der Waals surface area contributed by atoms with Gasteiger partial charge in [-0.15, -0.1) is 11.3 Å². The van der Waals surface area contributed by atoms with E-state index in [0.29, 0.717) is 17.7 Å². The predicted molar refractivity (Wildman–Crippen MR) is 79.8 cm³/mol. The Labute approximate surface area is 123 Å². The molecule has 3 aliphatic rings. The van der Waals surface area contributed by atoms with Gasteiger partial charge < -0.3 is 9.80 Å². The molecule has 0 N–H and O–H groups in total. The summed E-state index contributed by atoms with van der Waals surface area (Å²) in [5.74, 6) is 2.34.